The number of nitrogen functional groups attached to an aromatic ring is 1. The van der Waals surface area contributed by atoms with Crippen LogP contribution in [0.3, 0.4) is 0 Å². The first-order chi connectivity index (χ1) is 9.47. The van der Waals surface area contributed by atoms with Crippen molar-refractivity contribution in [3.63, 3.8) is 0 Å². The number of rotatable bonds is 3. The molecule has 0 saturated carbocycles. The van der Waals surface area contributed by atoms with Crippen LogP contribution in [0.4, 0.5) is 21.5 Å². The summed E-state index contributed by atoms with van der Waals surface area (Å²) < 4.78 is 13.3. The van der Waals surface area contributed by atoms with Gasteiger partial charge in [0, 0.05) is 31.0 Å². The van der Waals surface area contributed by atoms with E-state index >= 15 is 0 Å². The molecule has 104 valence electrons. The minimum absolute atomic E-state index is 0.0249. The van der Waals surface area contributed by atoms with Crippen molar-refractivity contribution in [1.82, 2.24) is 0 Å². The van der Waals surface area contributed by atoms with Gasteiger partial charge in [-0.2, -0.15) is 0 Å². The molecule has 3 N–H and O–H groups in total. The van der Waals surface area contributed by atoms with Gasteiger partial charge in [0.25, 0.3) is 5.91 Å². The van der Waals surface area contributed by atoms with Crippen molar-refractivity contribution in [2.45, 2.75) is 0 Å². The van der Waals surface area contributed by atoms with Gasteiger partial charge >= 0.3 is 0 Å². The summed E-state index contributed by atoms with van der Waals surface area (Å²) in [6.07, 6.45) is 0. The lowest BCUT2D eigenvalue weighted by Gasteiger charge is -2.13. The Kier molecular flexibility index (Phi) is 3.89. The number of nitrogens with two attached hydrogens (primary N) is 1. The number of hydrogen-bond donors (Lipinski definition) is 2. The molecule has 0 unspecified atom stereocenters. The first kappa shape index (κ1) is 13.9. The van der Waals surface area contributed by atoms with Crippen LogP contribution in [0.25, 0.3) is 0 Å². The molecule has 4 nitrogen and oxygen atoms in total. The van der Waals surface area contributed by atoms with Gasteiger partial charge in [0.1, 0.15) is 5.82 Å². The fourth-order valence-corrected chi connectivity index (χ4v) is 1.71. The molecule has 0 spiro atoms. The van der Waals surface area contributed by atoms with Crippen molar-refractivity contribution in [1.29, 1.82) is 0 Å². The van der Waals surface area contributed by atoms with Crippen LogP contribution in [0.2, 0.25) is 0 Å². The number of benzene rings is 2. The molecular formula is C15H16FN3O. The summed E-state index contributed by atoms with van der Waals surface area (Å²) in [4.78, 5) is 13.9. The van der Waals surface area contributed by atoms with Crippen LogP contribution in [-0.4, -0.2) is 20.0 Å². The van der Waals surface area contributed by atoms with E-state index in [4.69, 9.17) is 5.73 Å². The van der Waals surface area contributed by atoms with Gasteiger partial charge in [0.15, 0.2) is 0 Å². The molecular weight excluding hydrogens is 257 g/mol. The number of hydrogen-bond acceptors (Lipinski definition) is 3. The van der Waals surface area contributed by atoms with Crippen LogP contribution in [0.5, 0.6) is 0 Å². The van der Waals surface area contributed by atoms with Crippen LogP contribution < -0.4 is 16.0 Å². The average Bonchev–Trinajstić information content (AvgIpc) is 2.42. The van der Waals surface area contributed by atoms with E-state index in [1.165, 1.54) is 12.1 Å². The van der Waals surface area contributed by atoms with E-state index in [1.807, 2.05) is 31.1 Å². The first-order valence-corrected chi connectivity index (χ1v) is 6.11. The predicted molar refractivity (Wildman–Crippen MR) is 79.5 cm³/mol. The molecule has 0 aromatic heterocycles. The average molecular weight is 273 g/mol. The first-order valence-electron chi connectivity index (χ1n) is 6.11. The molecule has 0 fully saturated rings. The quantitative estimate of drug-likeness (QED) is 0.845. The van der Waals surface area contributed by atoms with E-state index in [0.717, 1.165) is 11.8 Å². The summed E-state index contributed by atoms with van der Waals surface area (Å²) in [5.41, 5.74) is 7.31. The van der Waals surface area contributed by atoms with Crippen molar-refractivity contribution >= 4 is 23.0 Å². The van der Waals surface area contributed by atoms with Gasteiger partial charge in [-0.3, -0.25) is 4.79 Å². The third kappa shape index (κ3) is 3.06. The monoisotopic (exact) mass is 273 g/mol. The molecule has 2 aromatic carbocycles. The number of nitrogens with zero attached hydrogens (tertiary/aromatic N) is 1. The minimum Gasteiger partial charge on any atom is -0.396 e. The van der Waals surface area contributed by atoms with E-state index in [0.29, 0.717) is 5.69 Å². The summed E-state index contributed by atoms with van der Waals surface area (Å²) in [5.74, 6) is -0.970. The van der Waals surface area contributed by atoms with E-state index in [2.05, 4.69) is 5.32 Å². The highest BCUT2D eigenvalue weighted by molar-refractivity contribution is 6.04. The highest BCUT2D eigenvalue weighted by Gasteiger charge is 2.09. The van der Waals surface area contributed by atoms with Crippen LogP contribution in [0, 0.1) is 5.82 Å². The highest BCUT2D eigenvalue weighted by Crippen LogP contribution is 2.17. The van der Waals surface area contributed by atoms with Crippen molar-refractivity contribution in [2.75, 3.05) is 30.0 Å². The molecule has 0 radical (unpaired) electrons. The second-order valence-corrected chi connectivity index (χ2v) is 4.63. The molecule has 0 aliphatic rings. The molecule has 0 bridgehead atoms. The van der Waals surface area contributed by atoms with Crippen LogP contribution in [-0.2, 0) is 0 Å². The molecule has 20 heavy (non-hydrogen) atoms. The lowest BCUT2D eigenvalue weighted by Crippen LogP contribution is -2.13. The van der Waals surface area contributed by atoms with Gasteiger partial charge in [-0.15, -0.1) is 0 Å². The maximum Gasteiger partial charge on any atom is 0.255 e. The fourth-order valence-electron chi connectivity index (χ4n) is 1.71. The number of halogens is 1. The van der Waals surface area contributed by atoms with Crippen molar-refractivity contribution in [3.05, 3.63) is 53.8 Å². The highest BCUT2D eigenvalue weighted by atomic mass is 19.1. The zero-order chi connectivity index (χ0) is 14.7. The Balaban J connectivity index is 2.12. The minimum atomic E-state index is -0.597. The Bertz CT molecular complexity index is 624. The lowest BCUT2D eigenvalue weighted by atomic mass is 10.2. The Morgan fingerprint density at radius 1 is 1.15 bits per heavy atom. The van der Waals surface area contributed by atoms with Gasteiger partial charge in [-0.05, 0) is 42.5 Å². The molecule has 0 aliphatic heterocycles. The molecule has 2 aromatic rings. The van der Waals surface area contributed by atoms with Crippen molar-refractivity contribution in [3.8, 4) is 0 Å². The van der Waals surface area contributed by atoms with E-state index in [1.54, 1.807) is 12.1 Å². The maximum absolute atomic E-state index is 13.3. The second-order valence-electron chi connectivity index (χ2n) is 4.63. The Labute approximate surface area is 117 Å². The molecule has 1 amide bonds. The van der Waals surface area contributed by atoms with Crippen LogP contribution in [0.15, 0.2) is 42.5 Å². The van der Waals surface area contributed by atoms with Gasteiger partial charge in [0.2, 0.25) is 0 Å². The molecule has 0 saturated heterocycles. The maximum atomic E-state index is 13.3. The van der Waals surface area contributed by atoms with Crippen LogP contribution >= 0.6 is 0 Å². The third-order valence-electron chi connectivity index (χ3n) is 2.90. The van der Waals surface area contributed by atoms with E-state index < -0.39 is 5.82 Å². The SMILES string of the molecule is CN(C)c1ccc(NC(=O)c2ccc(N)c(F)c2)cc1. The molecule has 0 heterocycles. The molecule has 5 heteroatoms. The van der Waals surface area contributed by atoms with Gasteiger partial charge in [0.05, 0.1) is 5.69 Å². The second kappa shape index (κ2) is 5.61. The molecule has 0 atom stereocenters. The number of amides is 1. The Morgan fingerprint density at radius 3 is 2.35 bits per heavy atom. The summed E-state index contributed by atoms with van der Waals surface area (Å²) in [5, 5.41) is 2.71. The van der Waals surface area contributed by atoms with Gasteiger partial charge < -0.3 is 16.0 Å². The molecule has 0 aliphatic carbocycles. The number of nitrogens with one attached hydrogen (secondary N) is 1. The Morgan fingerprint density at radius 2 is 1.80 bits per heavy atom. The zero-order valence-corrected chi connectivity index (χ0v) is 11.4. The molecule has 2 rings (SSSR count). The summed E-state index contributed by atoms with van der Waals surface area (Å²) in [6.45, 7) is 0. The largest absolute Gasteiger partial charge is 0.396 e. The zero-order valence-electron chi connectivity index (χ0n) is 11.4. The van der Waals surface area contributed by atoms with E-state index in [9.17, 15) is 9.18 Å². The normalized spacial score (nSPS) is 10.2. The Hall–Kier alpha value is -2.56. The summed E-state index contributed by atoms with van der Waals surface area (Å²) in [6, 6.07) is 11.3. The number of anilines is 3. The summed E-state index contributed by atoms with van der Waals surface area (Å²) >= 11 is 0. The third-order valence-corrected chi connectivity index (χ3v) is 2.90. The number of carbonyl (C=O) groups excluding carboxylic acids is 1. The van der Waals surface area contributed by atoms with Crippen LogP contribution in [0.1, 0.15) is 10.4 Å². The van der Waals surface area contributed by atoms with Crippen molar-refractivity contribution in [2.24, 2.45) is 0 Å². The van der Waals surface area contributed by atoms with Gasteiger partial charge in [-0.25, -0.2) is 4.39 Å². The smallest absolute Gasteiger partial charge is 0.255 e. The van der Waals surface area contributed by atoms with E-state index in [-0.39, 0.29) is 17.2 Å². The van der Waals surface area contributed by atoms with Crippen molar-refractivity contribution < 1.29 is 9.18 Å². The lowest BCUT2D eigenvalue weighted by molar-refractivity contribution is 0.102. The fraction of sp³-hybridized carbons (Fsp3) is 0.133. The topological polar surface area (TPSA) is 58.4 Å². The standard InChI is InChI=1S/C15H16FN3O/c1-19(2)12-6-4-11(5-7-12)18-15(20)10-3-8-14(17)13(16)9-10/h3-9H,17H2,1-2H3,(H,18,20). The predicted octanol–water partition coefficient (Wildman–Crippen LogP) is 2.73. The summed E-state index contributed by atoms with van der Waals surface area (Å²) in [7, 11) is 3.87. The van der Waals surface area contributed by atoms with Gasteiger partial charge in [-0.1, -0.05) is 0 Å². The number of carbonyl (C=O) groups is 1.